The van der Waals surface area contributed by atoms with Crippen LogP contribution in [-0.4, -0.2) is 34.9 Å². The minimum Gasteiger partial charge on any atom is -0.466 e. The van der Waals surface area contributed by atoms with Gasteiger partial charge < -0.3 is 9.64 Å². The zero-order valence-electron chi connectivity index (χ0n) is 13.7. The Morgan fingerprint density at radius 3 is 2.52 bits per heavy atom. The van der Waals surface area contributed by atoms with E-state index in [0.29, 0.717) is 6.07 Å². The quantitative estimate of drug-likeness (QED) is 0.722. The van der Waals surface area contributed by atoms with Gasteiger partial charge in [0.15, 0.2) is 0 Å². The molecule has 5 nitrogen and oxygen atoms in total. The Morgan fingerprint density at radius 2 is 1.92 bits per heavy atom. The minimum absolute atomic E-state index is 0.0162. The number of nitrogens with zero attached hydrogens (tertiary/aromatic N) is 2. The second-order valence-electron chi connectivity index (χ2n) is 5.30. The molecule has 2 rings (SSSR count). The van der Waals surface area contributed by atoms with Crippen LogP contribution in [0.4, 0.5) is 8.78 Å². The average Bonchev–Trinajstić information content (AvgIpc) is 2.58. The third-order valence-electron chi connectivity index (χ3n) is 3.38. The van der Waals surface area contributed by atoms with Crippen molar-refractivity contribution < 1.29 is 23.1 Å². The molecule has 7 heteroatoms. The number of amides is 1. The normalized spacial score (nSPS) is 10.4. The van der Waals surface area contributed by atoms with E-state index >= 15 is 0 Å². The Bertz CT molecular complexity index is 718. The van der Waals surface area contributed by atoms with Crippen LogP contribution in [0.5, 0.6) is 0 Å². The van der Waals surface area contributed by atoms with Gasteiger partial charge in [-0.05, 0) is 30.7 Å². The molecule has 132 valence electrons. The molecule has 0 unspecified atom stereocenters. The van der Waals surface area contributed by atoms with Crippen LogP contribution >= 0.6 is 0 Å². The SMILES string of the molecule is CCOC(=O)CCN(Cc1cccnc1)C(=O)c1cc(F)cc(F)c1. The third kappa shape index (κ3) is 5.63. The van der Waals surface area contributed by atoms with Crippen molar-refractivity contribution in [1.82, 2.24) is 9.88 Å². The maximum Gasteiger partial charge on any atom is 0.307 e. The highest BCUT2D eigenvalue weighted by Crippen LogP contribution is 2.14. The lowest BCUT2D eigenvalue weighted by Crippen LogP contribution is -2.33. The van der Waals surface area contributed by atoms with Gasteiger partial charge in [0.05, 0.1) is 13.0 Å². The number of hydrogen-bond acceptors (Lipinski definition) is 4. The summed E-state index contributed by atoms with van der Waals surface area (Å²) >= 11 is 0. The van der Waals surface area contributed by atoms with Crippen LogP contribution < -0.4 is 0 Å². The summed E-state index contributed by atoms with van der Waals surface area (Å²) in [6.45, 7) is 2.14. The summed E-state index contributed by atoms with van der Waals surface area (Å²) in [6, 6.07) is 6.11. The maximum atomic E-state index is 13.4. The predicted molar refractivity (Wildman–Crippen MR) is 86.6 cm³/mol. The van der Waals surface area contributed by atoms with Gasteiger partial charge >= 0.3 is 5.97 Å². The first-order valence-corrected chi connectivity index (χ1v) is 7.79. The highest BCUT2D eigenvalue weighted by atomic mass is 19.1. The van der Waals surface area contributed by atoms with Crippen LogP contribution in [0.3, 0.4) is 0 Å². The molecule has 25 heavy (non-hydrogen) atoms. The van der Waals surface area contributed by atoms with Gasteiger partial charge in [-0.3, -0.25) is 14.6 Å². The molecular weight excluding hydrogens is 330 g/mol. The highest BCUT2D eigenvalue weighted by Gasteiger charge is 2.19. The lowest BCUT2D eigenvalue weighted by atomic mass is 10.1. The molecular formula is C18H18F2N2O3. The predicted octanol–water partition coefficient (Wildman–Crippen LogP) is 2.96. The van der Waals surface area contributed by atoms with Gasteiger partial charge in [0.2, 0.25) is 0 Å². The molecule has 1 aromatic heterocycles. The molecule has 0 saturated heterocycles. The van der Waals surface area contributed by atoms with Crippen molar-refractivity contribution >= 4 is 11.9 Å². The molecule has 0 radical (unpaired) electrons. The molecule has 1 aromatic carbocycles. The van der Waals surface area contributed by atoms with Crippen molar-refractivity contribution in [1.29, 1.82) is 0 Å². The standard InChI is InChI=1S/C18H18F2N2O3/c1-2-25-17(23)5-7-22(12-13-4-3-6-21-11-13)18(24)14-8-15(19)10-16(20)9-14/h3-4,6,8-11H,2,5,7,12H2,1H3. The molecule has 1 amide bonds. The van der Waals surface area contributed by atoms with E-state index in [1.807, 2.05) is 0 Å². The molecule has 0 atom stereocenters. The Balaban J connectivity index is 2.19. The van der Waals surface area contributed by atoms with Crippen LogP contribution in [0.15, 0.2) is 42.7 Å². The summed E-state index contributed by atoms with van der Waals surface area (Å²) in [4.78, 5) is 29.5. The van der Waals surface area contributed by atoms with Crippen molar-refractivity contribution in [3.63, 3.8) is 0 Å². The number of hydrogen-bond donors (Lipinski definition) is 0. The van der Waals surface area contributed by atoms with Gasteiger partial charge in [-0.2, -0.15) is 0 Å². The molecule has 0 bridgehead atoms. The van der Waals surface area contributed by atoms with Crippen molar-refractivity contribution in [2.24, 2.45) is 0 Å². The van der Waals surface area contributed by atoms with Crippen LogP contribution in [0.2, 0.25) is 0 Å². The molecule has 0 aliphatic carbocycles. The highest BCUT2D eigenvalue weighted by molar-refractivity contribution is 5.94. The van der Waals surface area contributed by atoms with Gasteiger partial charge in [0.25, 0.3) is 5.91 Å². The molecule has 0 saturated carbocycles. The van der Waals surface area contributed by atoms with Gasteiger partial charge in [-0.15, -0.1) is 0 Å². The van der Waals surface area contributed by atoms with E-state index in [1.165, 1.54) is 4.90 Å². The Kier molecular flexibility index (Phi) is 6.56. The summed E-state index contributed by atoms with van der Waals surface area (Å²) in [5.41, 5.74) is 0.613. The molecule has 0 N–H and O–H groups in total. The first-order valence-electron chi connectivity index (χ1n) is 7.79. The second-order valence-corrected chi connectivity index (χ2v) is 5.30. The largest absolute Gasteiger partial charge is 0.466 e. The maximum absolute atomic E-state index is 13.4. The van der Waals surface area contributed by atoms with E-state index in [-0.39, 0.29) is 31.7 Å². The van der Waals surface area contributed by atoms with Gasteiger partial charge in [-0.25, -0.2) is 8.78 Å². The first kappa shape index (κ1) is 18.5. The lowest BCUT2D eigenvalue weighted by molar-refractivity contribution is -0.143. The number of carbonyl (C=O) groups excluding carboxylic acids is 2. The lowest BCUT2D eigenvalue weighted by Gasteiger charge is -2.22. The summed E-state index contributed by atoms with van der Waals surface area (Å²) in [5.74, 6) is -2.70. The first-order chi connectivity index (χ1) is 12.0. The van der Waals surface area contributed by atoms with Crippen molar-refractivity contribution in [3.05, 3.63) is 65.5 Å². The molecule has 2 aromatic rings. The summed E-state index contributed by atoms with van der Waals surface area (Å²) in [6.07, 6.45) is 3.16. The van der Waals surface area contributed by atoms with E-state index in [9.17, 15) is 18.4 Å². The molecule has 0 aliphatic rings. The van der Waals surface area contributed by atoms with E-state index in [1.54, 1.807) is 31.5 Å². The Morgan fingerprint density at radius 1 is 1.20 bits per heavy atom. The summed E-state index contributed by atoms with van der Waals surface area (Å²) in [5, 5.41) is 0. The van der Waals surface area contributed by atoms with Gasteiger partial charge in [-0.1, -0.05) is 6.07 Å². The summed E-state index contributed by atoms with van der Waals surface area (Å²) in [7, 11) is 0. The van der Waals surface area contributed by atoms with E-state index in [4.69, 9.17) is 4.74 Å². The molecule has 1 heterocycles. The Hall–Kier alpha value is -2.83. The second kappa shape index (κ2) is 8.86. The fraction of sp³-hybridized carbons (Fsp3) is 0.278. The van der Waals surface area contributed by atoms with Crippen molar-refractivity contribution in [3.8, 4) is 0 Å². The minimum atomic E-state index is -0.838. The number of rotatable bonds is 7. The van der Waals surface area contributed by atoms with Crippen molar-refractivity contribution in [2.45, 2.75) is 19.9 Å². The average molecular weight is 348 g/mol. The van der Waals surface area contributed by atoms with Crippen LogP contribution in [0, 0.1) is 11.6 Å². The van der Waals surface area contributed by atoms with E-state index in [0.717, 1.165) is 17.7 Å². The fourth-order valence-electron chi connectivity index (χ4n) is 2.28. The van der Waals surface area contributed by atoms with Gasteiger partial charge in [0.1, 0.15) is 11.6 Å². The number of benzene rings is 1. The van der Waals surface area contributed by atoms with E-state index < -0.39 is 23.5 Å². The number of ether oxygens (including phenoxy) is 1. The monoisotopic (exact) mass is 348 g/mol. The number of pyridine rings is 1. The zero-order chi connectivity index (χ0) is 18.2. The van der Waals surface area contributed by atoms with Crippen molar-refractivity contribution in [2.75, 3.05) is 13.2 Å². The van der Waals surface area contributed by atoms with Crippen LogP contribution in [-0.2, 0) is 16.1 Å². The molecule has 0 aliphatic heterocycles. The fourth-order valence-corrected chi connectivity index (χ4v) is 2.28. The molecule has 0 spiro atoms. The van der Waals surface area contributed by atoms with Crippen LogP contribution in [0.25, 0.3) is 0 Å². The number of esters is 1. The third-order valence-corrected chi connectivity index (χ3v) is 3.38. The summed E-state index contributed by atoms with van der Waals surface area (Å²) < 4.78 is 31.7. The Labute approximate surface area is 144 Å². The molecule has 0 fully saturated rings. The number of halogens is 2. The topological polar surface area (TPSA) is 59.5 Å². The van der Waals surface area contributed by atoms with E-state index in [2.05, 4.69) is 4.98 Å². The number of carbonyl (C=O) groups is 2. The smallest absolute Gasteiger partial charge is 0.307 e. The zero-order valence-corrected chi connectivity index (χ0v) is 13.7. The number of aromatic nitrogens is 1. The van der Waals surface area contributed by atoms with Crippen LogP contribution in [0.1, 0.15) is 29.3 Å². The van der Waals surface area contributed by atoms with Gasteiger partial charge in [0, 0.05) is 37.1 Å².